The van der Waals surface area contributed by atoms with Crippen molar-refractivity contribution in [2.75, 3.05) is 6.54 Å². The Kier molecular flexibility index (Phi) is 6.12. The quantitative estimate of drug-likeness (QED) is 0.631. The number of carbonyl (C=O) groups excluding carboxylic acids is 2. The minimum atomic E-state index is -1.23. The number of aliphatic carboxylic acids is 1. The average molecular weight is 371 g/mol. The largest absolute Gasteiger partial charge is 0.480 e. The van der Waals surface area contributed by atoms with E-state index in [1.54, 1.807) is 0 Å². The number of rotatable bonds is 5. The van der Waals surface area contributed by atoms with Crippen LogP contribution in [0.4, 0.5) is 13.6 Å². The van der Waals surface area contributed by atoms with Gasteiger partial charge in [0, 0.05) is 20.4 Å². The third-order valence-electron chi connectivity index (χ3n) is 4.05. The van der Waals surface area contributed by atoms with Gasteiger partial charge in [-0.25, -0.2) is 18.4 Å². The number of esters is 1. The number of benzene rings is 1. The van der Waals surface area contributed by atoms with E-state index in [9.17, 15) is 28.3 Å². The molecule has 1 aromatic rings. The lowest BCUT2D eigenvalue weighted by atomic mass is 9.96. The van der Waals surface area contributed by atoms with Crippen LogP contribution in [0.2, 0.25) is 0 Å². The Labute approximate surface area is 148 Å². The minimum absolute atomic E-state index is 0.00144. The molecule has 1 fully saturated rings. The molecule has 0 aromatic heterocycles. The molecule has 1 N–H and O–H groups in total. The van der Waals surface area contributed by atoms with Gasteiger partial charge in [0.25, 0.3) is 0 Å². The molecule has 0 spiro atoms. The molecule has 7 nitrogen and oxygen atoms in total. The summed E-state index contributed by atoms with van der Waals surface area (Å²) in [7, 11) is 0. The van der Waals surface area contributed by atoms with E-state index in [2.05, 4.69) is 4.74 Å². The van der Waals surface area contributed by atoms with Crippen LogP contribution in [-0.2, 0) is 25.5 Å². The van der Waals surface area contributed by atoms with E-state index >= 15 is 0 Å². The van der Waals surface area contributed by atoms with E-state index in [0.717, 1.165) is 17.9 Å². The fourth-order valence-electron chi connectivity index (χ4n) is 2.99. The Hall–Kier alpha value is -2.71. The lowest BCUT2D eigenvalue weighted by molar-refractivity contribution is -0.164. The number of nitrogens with zero attached hydrogens (tertiary/aromatic N) is 1. The molecule has 142 valence electrons. The highest BCUT2D eigenvalue weighted by molar-refractivity contribution is 5.81. The first-order valence-electron chi connectivity index (χ1n) is 7.99. The second kappa shape index (κ2) is 8.11. The summed E-state index contributed by atoms with van der Waals surface area (Å²) in [5.41, 5.74) is 0.114. The third-order valence-corrected chi connectivity index (χ3v) is 4.05. The van der Waals surface area contributed by atoms with Crippen molar-refractivity contribution < 1.29 is 37.7 Å². The molecule has 1 aliphatic heterocycles. The summed E-state index contributed by atoms with van der Waals surface area (Å²) in [4.78, 5) is 35.5. The molecule has 26 heavy (non-hydrogen) atoms. The van der Waals surface area contributed by atoms with Crippen molar-refractivity contribution in [1.82, 2.24) is 4.90 Å². The highest BCUT2D eigenvalue weighted by Crippen LogP contribution is 2.28. The van der Waals surface area contributed by atoms with Crippen molar-refractivity contribution in [3.63, 3.8) is 0 Å². The molecule has 2 rings (SSSR count). The van der Waals surface area contributed by atoms with Crippen LogP contribution in [0.15, 0.2) is 18.2 Å². The molecule has 1 aliphatic rings. The van der Waals surface area contributed by atoms with Crippen molar-refractivity contribution >= 4 is 18.0 Å². The van der Waals surface area contributed by atoms with Crippen molar-refractivity contribution in [2.24, 2.45) is 5.92 Å². The van der Waals surface area contributed by atoms with Crippen LogP contribution in [0.1, 0.15) is 25.8 Å². The van der Waals surface area contributed by atoms with Gasteiger partial charge >= 0.3 is 18.0 Å². The molecular formula is C17H19F2NO6. The van der Waals surface area contributed by atoms with Gasteiger partial charge in [-0.15, -0.1) is 0 Å². The molecule has 3 atom stereocenters. The number of hydrogen-bond donors (Lipinski definition) is 1. The van der Waals surface area contributed by atoms with Crippen LogP contribution < -0.4 is 0 Å². The van der Waals surface area contributed by atoms with Crippen LogP contribution in [0.5, 0.6) is 0 Å². The fraction of sp³-hybridized carbons (Fsp3) is 0.471. The summed E-state index contributed by atoms with van der Waals surface area (Å²) in [5, 5.41) is 9.33. The molecule has 1 amide bonds. The number of carboxylic acid groups (broad SMARTS) is 1. The summed E-state index contributed by atoms with van der Waals surface area (Å²) in [6.07, 6.45) is -1.97. The van der Waals surface area contributed by atoms with Crippen molar-refractivity contribution in [3.8, 4) is 0 Å². The van der Waals surface area contributed by atoms with E-state index in [-0.39, 0.29) is 30.9 Å². The molecule has 1 saturated heterocycles. The normalized spacial score (nSPS) is 20.5. The summed E-state index contributed by atoms with van der Waals surface area (Å²) in [6.45, 7) is 2.47. The maximum atomic E-state index is 13.8. The molecule has 0 bridgehead atoms. The zero-order valence-electron chi connectivity index (χ0n) is 14.3. The van der Waals surface area contributed by atoms with E-state index in [1.807, 2.05) is 0 Å². The van der Waals surface area contributed by atoms with Crippen molar-refractivity contribution in [1.29, 1.82) is 0 Å². The van der Waals surface area contributed by atoms with E-state index in [1.165, 1.54) is 19.1 Å². The van der Waals surface area contributed by atoms with Crippen LogP contribution in [0.25, 0.3) is 0 Å². The van der Waals surface area contributed by atoms with Gasteiger partial charge in [0.1, 0.15) is 6.04 Å². The number of carbonyl (C=O) groups is 3. The number of likely N-dealkylation sites (tertiary alicyclic amines) is 1. The summed E-state index contributed by atoms with van der Waals surface area (Å²) < 4.78 is 36.7. The monoisotopic (exact) mass is 371 g/mol. The zero-order valence-corrected chi connectivity index (χ0v) is 14.3. The lowest BCUT2D eigenvalue weighted by Crippen LogP contribution is -2.42. The Morgan fingerprint density at radius 3 is 2.62 bits per heavy atom. The van der Waals surface area contributed by atoms with Gasteiger partial charge in [-0.3, -0.25) is 9.69 Å². The maximum Gasteiger partial charge on any atom is 0.413 e. The lowest BCUT2D eigenvalue weighted by Gasteiger charge is -2.23. The number of carboxylic acids is 1. The molecule has 0 radical (unpaired) electrons. The van der Waals surface area contributed by atoms with Gasteiger partial charge in [-0.05, 0) is 30.4 Å². The average Bonchev–Trinajstić information content (AvgIpc) is 2.95. The van der Waals surface area contributed by atoms with Crippen molar-refractivity contribution in [2.45, 2.75) is 39.0 Å². The van der Waals surface area contributed by atoms with Crippen LogP contribution >= 0.6 is 0 Å². The van der Waals surface area contributed by atoms with Crippen LogP contribution in [0, 0.1) is 17.6 Å². The van der Waals surface area contributed by atoms with Crippen LogP contribution in [-0.4, -0.2) is 46.9 Å². The molecule has 0 saturated carbocycles. The van der Waals surface area contributed by atoms with Gasteiger partial charge in [0.2, 0.25) is 6.29 Å². The SMILES string of the molecule is CC(=O)O[C@@H](C)OC(=O)N1C[C@@H](Cc2cccc(F)c2F)C[C@H]1C(=O)O. The molecule has 9 heteroatoms. The minimum Gasteiger partial charge on any atom is -0.480 e. The van der Waals surface area contributed by atoms with E-state index in [4.69, 9.17) is 4.74 Å². The Morgan fingerprint density at radius 1 is 1.31 bits per heavy atom. The number of ether oxygens (including phenoxy) is 2. The Balaban J connectivity index is 2.07. The van der Waals surface area contributed by atoms with Gasteiger partial charge in [0.15, 0.2) is 11.6 Å². The third kappa shape index (κ3) is 4.68. The van der Waals surface area contributed by atoms with Gasteiger partial charge in [-0.1, -0.05) is 12.1 Å². The summed E-state index contributed by atoms with van der Waals surface area (Å²) >= 11 is 0. The standard InChI is InChI=1S/C17H19F2NO6/c1-9(21)25-10(2)26-17(24)20-8-11(7-14(20)16(22)23)6-12-4-3-5-13(18)15(12)19/h3-5,10-11,14H,6-8H2,1-2H3,(H,22,23)/t10-,11+,14+/m1/s1. The smallest absolute Gasteiger partial charge is 0.413 e. The first kappa shape index (κ1) is 19.6. The van der Waals surface area contributed by atoms with Crippen LogP contribution in [0.3, 0.4) is 0 Å². The number of amides is 1. The highest BCUT2D eigenvalue weighted by atomic mass is 19.2. The second-order valence-electron chi connectivity index (χ2n) is 6.09. The Bertz CT molecular complexity index is 710. The van der Waals surface area contributed by atoms with E-state index < -0.39 is 42.0 Å². The fourth-order valence-corrected chi connectivity index (χ4v) is 2.99. The number of hydrogen-bond acceptors (Lipinski definition) is 5. The second-order valence-corrected chi connectivity index (χ2v) is 6.09. The van der Waals surface area contributed by atoms with Gasteiger partial charge in [0.05, 0.1) is 0 Å². The van der Waals surface area contributed by atoms with Gasteiger partial charge in [-0.2, -0.15) is 0 Å². The molecule has 1 aromatic carbocycles. The molecule has 0 aliphatic carbocycles. The summed E-state index contributed by atoms with van der Waals surface area (Å²) in [5.74, 6) is -4.24. The summed E-state index contributed by atoms with van der Waals surface area (Å²) in [6, 6.07) is 2.61. The van der Waals surface area contributed by atoms with Gasteiger partial charge < -0.3 is 14.6 Å². The maximum absolute atomic E-state index is 13.8. The molecule has 1 heterocycles. The predicted octanol–water partition coefficient (Wildman–Crippen LogP) is 2.33. The zero-order chi connectivity index (χ0) is 19.4. The first-order valence-corrected chi connectivity index (χ1v) is 7.99. The molecule has 0 unspecified atom stereocenters. The topological polar surface area (TPSA) is 93.1 Å². The first-order chi connectivity index (χ1) is 12.2. The van der Waals surface area contributed by atoms with Crippen molar-refractivity contribution in [3.05, 3.63) is 35.4 Å². The highest BCUT2D eigenvalue weighted by Gasteiger charge is 2.41. The van der Waals surface area contributed by atoms with E-state index in [0.29, 0.717) is 0 Å². The molecular weight excluding hydrogens is 352 g/mol. The predicted molar refractivity (Wildman–Crippen MR) is 84.0 cm³/mol. The number of halogens is 2. The Morgan fingerprint density at radius 2 is 2.00 bits per heavy atom.